The lowest BCUT2D eigenvalue weighted by atomic mass is 9.87. The van der Waals surface area contributed by atoms with Crippen LogP contribution in [-0.4, -0.2) is 25.5 Å². The van der Waals surface area contributed by atoms with Crippen molar-refractivity contribution >= 4 is 11.7 Å². The zero-order valence-corrected chi connectivity index (χ0v) is 15.9. The number of hydrogen-bond donors (Lipinski definition) is 1. The minimum absolute atomic E-state index is 0.00801. The number of nitrogens with one attached hydrogen (secondary N) is 1. The second-order valence-corrected chi connectivity index (χ2v) is 7.19. The van der Waals surface area contributed by atoms with Crippen LogP contribution in [0.25, 0.3) is 0 Å². The lowest BCUT2D eigenvalue weighted by molar-refractivity contribution is -0.116. The molecule has 1 atom stereocenters. The first-order valence-electron chi connectivity index (χ1n) is 9.59. The van der Waals surface area contributed by atoms with Crippen LogP contribution in [0.1, 0.15) is 54.5 Å². The Bertz CT molecular complexity index is 941. The topological polar surface area (TPSA) is 64.7 Å². The maximum Gasteiger partial charge on any atom is 0.226 e. The number of carbonyl (C=O) groups is 1. The van der Waals surface area contributed by atoms with Crippen LogP contribution in [0, 0.1) is 6.92 Å². The molecule has 0 saturated carbocycles. The molecule has 2 aromatic heterocycles. The molecule has 3 heterocycles. The van der Waals surface area contributed by atoms with Crippen molar-refractivity contribution < 1.29 is 4.79 Å². The van der Waals surface area contributed by atoms with Crippen LogP contribution in [0.15, 0.2) is 42.7 Å². The molecule has 0 radical (unpaired) electrons. The number of carbonyl (C=O) groups excluding carboxylic acids is 1. The molecular formula is C21H25N5O. The maximum absolute atomic E-state index is 12.4. The molecule has 27 heavy (non-hydrogen) atoms. The summed E-state index contributed by atoms with van der Waals surface area (Å²) >= 11 is 0. The number of rotatable bonds is 6. The Balaban J connectivity index is 1.64. The number of amides is 1. The van der Waals surface area contributed by atoms with Crippen molar-refractivity contribution in [3.05, 3.63) is 65.1 Å². The van der Waals surface area contributed by atoms with E-state index >= 15 is 0 Å². The molecule has 0 aliphatic carbocycles. The Labute approximate surface area is 159 Å². The molecule has 1 amide bonds. The first-order chi connectivity index (χ1) is 13.2. The van der Waals surface area contributed by atoms with E-state index in [0.717, 1.165) is 48.6 Å². The van der Waals surface area contributed by atoms with Crippen LogP contribution in [0.5, 0.6) is 0 Å². The second-order valence-electron chi connectivity index (χ2n) is 7.19. The van der Waals surface area contributed by atoms with Crippen LogP contribution in [0.2, 0.25) is 0 Å². The van der Waals surface area contributed by atoms with Crippen LogP contribution < -0.4 is 5.32 Å². The first kappa shape index (κ1) is 17.5. The van der Waals surface area contributed by atoms with E-state index in [1.54, 1.807) is 0 Å². The summed E-state index contributed by atoms with van der Waals surface area (Å²) < 4.78 is 3.89. The SMILES string of the molecule is CCCCn1nc(C)c2c1NC(=O)CC2c1cnn(Cc2ccccc2)c1. The minimum atomic E-state index is 0.00801. The van der Waals surface area contributed by atoms with Crippen molar-refractivity contribution in [2.75, 3.05) is 5.32 Å². The number of hydrogen-bond acceptors (Lipinski definition) is 3. The average molecular weight is 363 g/mol. The van der Waals surface area contributed by atoms with Crippen LogP contribution in [0.4, 0.5) is 5.82 Å². The van der Waals surface area contributed by atoms with Gasteiger partial charge in [-0.15, -0.1) is 0 Å². The number of aromatic nitrogens is 4. The van der Waals surface area contributed by atoms with E-state index in [4.69, 9.17) is 0 Å². The molecule has 4 rings (SSSR count). The number of nitrogens with zero attached hydrogens (tertiary/aromatic N) is 4. The van der Waals surface area contributed by atoms with Crippen molar-refractivity contribution in [3.63, 3.8) is 0 Å². The monoisotopic (exact) mass is 363 g/mol. The highest BCUT2D eigenvalue weighted by Gasteiger charge is 2.32. The van der Waals surface area contributed by atoms with Gasteiger partial charge in [0.2, 0.25) is 5.91 Å². The van der Waals surface area contributed by atoms with Gasteiger partial charge in [-0.2, -0.15) is 10.2 Å². The average Bonchev–Trinajstić information content (AvgIpc) is 3.25. The lowest BCUT2D eigenvalue weighted by Crippen LogP contribution is -2.25. The third-order valence-corrected chi connectivity index (χ3v) is 5.14. The largest absolute Gasteiger partial charge is 0.311 e. The fourth-order valence-corrected chi connectivity index (χ4v) is 3.79. The van der Waals surface area contributed by atoms with Crippen molar-refractivity contribution in [3.8, 4) is 0 Å². The van der Waals surface area contributed by atoms with E-state index in [-0.39, 0.29) is 11.8 Å². The predicted octanol–water partition coefficient (Wildman–Crippen LogP) is 3.71. The Kier molecular flexibility index (Phi) is 4.79. The summed E-state index contributed by atoms with van der Waals surface area (Å²) in [5.41, 5.74) is 4.39. The highest BCUT2D eigenvalue weighted by atomic mass is 16.1. The quantitative estimate of drug-likeness (QED) is 0.726. The molecule has 1 aromatic carbocycles. The van der Waals surface area contributed by atoms with Gasteiger partial charge in [0, 0.05) is 30.6 Å². The smallest absolute Gasteiger partial charge is 0.226 e. The molecule has 0 spiro atoms. The number of anilines is 1. The second kappa shape index (κ2) is 7.39. The molecule has 6 nitrogen and oxygen atoms in total. The van der Waals surface area contributed by atoms with Gasteiger partial charge in [0.05, 0.1) is 18.4 Å². The molecule has 1 unspecified atom stereocenters. The number of fused-ring (bicyclic) bond motifs is 1. The van der Waals surface area contributed by atoms with Gasteiger partial charge in [0.1, 0.15) is 5.82 Å². The molecule has 1 aliphatic rings. The van der Waals surface area contributed by atoms with E-state index in [2.05, 4.69) is 40.8 Å². The number of benzene rings is 1. The normalized spacial score (nSPS) is 16.2. The van der Waals surface area contributed by atoms with Crippen molar-refractivity contribution in [1.82, 2.24) is 19.6 Å². The Morgan fingerprint density at radius 1 is 1.26 bits per heavy atom. The lowest BCUT2D eigenvalue weighted by Gasteiger charge is -2.23. The van der Waals surface area contributed by atoms with E-state index in [9.17, 15) is 4.79 Å². The Morgan fingerprint density at radius 2 is 2.07 bits per heavy atom. The van der Waals surface area contributed by atoms with Gasteiger partial charge in [-0.3, -0.25) is 9.48 Å². The highest BCUT2D eigenvalue weighted by Crippen LogP contribution is 2.39. The number of aryl methyl sites for hydroxylation is 2. The third-order valence-electron chi connectivity index (χ3n) is 5.14. The zero-order valence-electron chi connectivity index (χ0n) is 15.9. The van der Waals surface area contributed by atoms with E-state index in [0.29, 0.717) is 6.42 Å². The minimum Gasteiger partial charge on any atom is -0.311 e. The molecule has 6 heteroatoms. The summed E-state index contributed by atoms with van der Waals surface area (Å²) in [6.07, 6.45) is 6.52. The Morgan fingerprint density at radius 3 is 2.85 bits per heavy atom. The molecule has 0 saturated heterocycles. The van der Waals surface area contributed by atoms with Gasteiger partial charge in [-0.05, 0) is 24.5 Å². The summed E-state index contributed by atoms with van der Waals surface area (Å²) in [7, 11) is 0. The van der Waals surface area contributed by atoms with Gasteiger partial charge in [-0.25, -0.2) is 4.68 Å². The van der Waals surface area contributed by atoms with Gasteiger partial charge >= 0.3 is 0 Å². The Hall–Kier alpha value is -2.89. The van der Waals surface area contributed by atoms with Crippen LogP contribution in [0.3, 0.4) is 0 Å². The molecule has 3 aromatic rings. The van der Waals surface area contributed by atoms with Crippen molar-refractivity contribution in [1.29, 1.82) is 0 Å². The summed E-state index contributed by atoms with van der Waals surface area (Å²) in [5.74, 6) is 0.910. The van der Waals surface area contributed by atoms with Gasteiger partial charge < -0.3 is 5.32 Å². The van der Waals surface area contributed by atoms with Gasteiger partial charge in [0.25, 0.3) is 0 Å². The molecule has 0 fully saturated rings. The highest BCUT2D eigenvalue weighted by molar-refractivity contribution is 5.94. The summed E-state index contributed by atoms with van der Waals surface area (Å²) in [4.78, 5) is 12.4. The maximum atomic E-state index is 12.4. The molecule has 1 N–H and O–H groups in total. The van der Waals surface area contributed by atoms with Gasteiger partial charge in [-0.1, -0.05) is 43.7 Å². The summed E-state index contributed by atoms with van der Waals surface area (Å²) in [5, 5.41) is 12.3. The van der Waals surface area contributed by atoms with Gasteiger partial charge in [0.15, 0.2) is 0 Å². The van der Waals surface area contributed by atoms with E-state index in [1.807, 2.05) is 40.7 Å². The molecule has 140 valence electrons. The van der Waals surface area contributed by atoms with Crippen molar-refractivity contribution in [2.45, 2.75) is 52.1 Å². The van der Waals surface area contributed by atoms with Crippen molar-refractivity contribution in [2.24, 2.45) is 0 Å². The van der Waals surface area contributed by atoms with E-state index < -0.39 is 0 Å². The van der Waals surface area contributed by atoms with E-state index in [1.165, 1.54) is 5.56 Å². The van der Waals surface area contributed by atoms with Crippen LogP contribution >= 0.6 is 0 Å². The fraction of sp³-hybridized carbons (Fsp3) is 0.381. The zero-order chi connectivity index (χ0) is 18.8. The fourth-order valence-electron chi connectivity index (χ4n) is 3.79. The third kappa shape index (κ3) is 3.52. The summed E-state index contributed by atoms with van der Waals surface area (Å²) in [6, 6.07) is 10.3. The summed E-state index contributed by atoms with van der Waals surface area (Å²) in [6.45, 7) is 5.74. The van der Waals surface area contributed by atoms with Crippen LogP contribution in [-0.2, 0) is 17.9 Å². The number of unbranched alkanes of at least 4 members (excludes halogenated alkanes) is 1. The predicted molar refractivity (Wildman–Crippen MR) is 105 cm³/mol. The molecule has 0 bridgehead atoms. The molecule has 1 aliphatic heterocycles. The molecular weight excluding hydrogens is 338 g/mol. The first-order valence-corrected chi connectivity index (χ1v) is 9.59. The standard InChI is InChI=1S/C21H25N5O/c1-3-4-10-26-21-20(15(2)24-26)18(11-19(27)23-21)17-12-22-25(14-17)13-16-8-6-5-7-9-16/h5-9,12,14,18H,3-4,10-11,13H2,1-2H3,(H,23,27).